The van der Waals surface area contributed by atoms with Crippen molar-refractivity contribution in [3.8, 4) is 0 Å². The summed E-state index contributed by atoms with van der Waals surface area (Å²) in [7, 11) is 0. The third-order valence-electron chi connectivity index (χ3n) is 18.5. The van der Waals surface area contributed by atoms with Crippen molar-refractivity contribution in [1.29, 1.82) is 0 Å². The third-order valence-corrected chi connectivity index (χ3v) is 18.5. The number of hydrogen-bond donors (Lipinski definition) is 10. The molecule has 3 saturated heterocycles. The monoisotopic (exact) mass is 929 g/mol. The summed E-state index contributed by atoms with van der Waals surface area (Å²) in [5.74, 6) is -0.253. The van der Waals surface area contributed by atoms with Gasteiger partial charge in [-0.15, -0.1) is 0 Å². The number of hydrogen-bond acceptors (Lipinski definition) is 16. The van der Waals surface area contributed by atoms with Crippen molar-refractivity contribution in [2.75, 3.05) is 19.8 Å². The summed E-state index contributed by atoms with van der Waals surface area (Å²) in [6.07, 6.45) is -13.7. The van der Waals surface area contributed by atoms with Gasteiger partial charge in [-0.1, -0.05) is 66.5 Å². The van der Waals surface area contributed by atoms with Crippen LogP contribution in [0.1, 0.15) is 127 Å². The van der Waals surface area contributed by atoms with Crippen LogP contribution in [0.2, 0.25) is 0 Å². The van der Waals surface area contributed by atoms with Crippen LogP contribution in [0.3, 0.4) is 0 Å². The Hall–Kier alpha value is -1.39. The van der Waals surface area contributed by atoms with E-state index in [2.05, 4.69) is 55.4 Å². The van der Waals surface area contributed by atoms with Gasteiger partial charge in [0, 0.05) is 0 Å². The van der Waals surface area contributed by atoms with Gasteiger partial charge in [-0.2, -0.15) is 0 Å². The summed E-state index contributed by atoms with van der Waals surface area (Å²) in [6.45, 7) is 17.7. The molecule has 3 aliphatic heterocycles. The molecular formula is C48H80O17. The second-order valence-electron chi connectivity index (χ2n) is 23.2. The average Bonchev–Trinajstić information content (AvgIpc) is 3.57. The molecule has 0 aromatic rings. The predicted molar refractivity (Wildman–Crippen MR) is 231 cm³/mol. The Kier molecular flexibility index (Phi) is 14.6. The highest BCUT2D eigenvalue weighted by molar-refractivity contribution is 5.82. The Bertz CT molecular complexity index is 1730. The van der Waals surface area contributed by atoms with Gasteiger partial charge < -0.3 is 79.5 Å². The van der Waals surface area contributed by atoms with Gasteiger partial charge in [0.25, 0.3) is 0 Å². The van der Waals surface area contributed by atoms with Gasteiger partial charge in [0.2, 0.25) is 0 Å². The van der Waals surface area contributed by atoms with Gasteiger partial charge in [0.1, 0.15) is 61.0 Å². The quantitative estimate of drug-likeness (QED) is 0.126. The lowest BCUT2D eigenvalue weighted by Crippen LogP contribution is -2.65. The van der Waals surface area contributed by atoms with Crippen molar-refractivity contribution < 1.29 is 84.3 Å². The van der Waals surface area contributed by atoms with E-state index in [4.69, 9.17) is 28.4 Å². The van der Waals surface area contributed by atoms with E-state index in [0.29, 0.717) is 32.1 Å². The van der Waals surface area contributed by atoms with Gasteiger partial charge in [-0.25, -0.2) is 0 Å². The first-order valence-electron chi connectivity index (χ1n) is 24.1. The molecule has 7 aliphatic rings. The number of rotatable bonds is 12. The summed E-state index contributed by atoms with van der Waals surface area (Å²) in [5.41, 5.74) is -1.08. The fraction of sp³-hybridized carbons (Fsp3) is 0.938. The number of aliphatic hydroxyl groups excluding tert-OH is 8. The molecule has 2 saturated carbocycles. The van der Waals surface area contributed by atoms with E-state index in [1.54, 1.807) is 0 Å². The minimum absolute atomic E-state index is 0.0585. The summed E-state index contributed by atoms with van der Waals surface area (Å²) < 4.78 is 36.6. The molecule has 17 heteroatoms. The molecule has 0 spiro atoms. The summed E-state index contributed by atoms with van der Waals surface area (Å²) >= 11 is 0. The van der Waals surface area contributed by atoms with E-state index in [9.17, 15) is 55.9 Å². The molecule has 0 bridgehead atoms. The maximum atomic E-state index is 13.9. The molecule has 0 amide bonds. The Balaban J connectivity index is 1.15. The first kappa shape index (κ1) is 51.5. The Morgan fingerprint density at radius 1 is 0.738 bits per heavy atom. The molecule has 0 aromatic carbocycles. The Morgan fingerprint density at radius 3 is 2.02 bits per heavy atom. The number of carboxylic acids is 1. The van der Waals surface area contributed by atoms with Crippen LogP contribution in [0.4, 0.5) is 0 Å². The van der Waals surface area contributed by atoms with Crippen LogP contribution in [-0.4, -0.2) is 168 Å². The lowest BCUT2D eigenvalue weighted by atomic mass is 9.43. The zero-order valence-corrected chi connectivity index (χ0v) is 39.8. The standard InChI is InChI=1S/C48H80O17/c1-23(12-18-47(9,59)43(2,3)4)24-14-19-48(42(57)58)26-10-11-30-44(5,6)31(15-16-45(30,7)25(26)13-17-46(24,48)8)63-41-38(65-40-36(56)34(54)33(53)29(20-49)62-40)37(28(51)22-61-41)64-39-35(55)32(52)27(50)21-60-39/h23-24,27-41,49-56,59H,10-22H2,1-9H3,(H,57,58)/t23-,24-,27-,28+,29-,30-,31+,32+,33+,34+,35-,36-,37+,38-,39+,40+,41+,45-,46-,47+,48+/m1/s1. The number of ether oxygens (including phenoxy) is 6. The maximum Gasteiger partial charge on any atom is 0.314 e. The van der Waals surface area contributed by atoms with Crippen molar-refractivity contribution in [2.45, 2.75) is 218 Å². The first-order chi connectivity index (χ1) is 30.2. The molecule has 7 rings (SSSR count). The zero-order chi connectivity index (χ0) is 48.0. The molecule has 17 nitrogen and oxygen atoms in total. The van der Waals surface area contributed by atoms with Crippen molar-refractivity contribution >= 4 is 5.97 Å². The topological polar surface area (TPSA) is 275 Å². The van der Waals surface area contributed by atoms with Crippen molar-refractivity contribution in [3.63, 3.8) is 0 Å². The minimum Gasteiger partial charge on any atom is -0.481 e. The van der Waals surface area contributed by atoms with Gasteiger partial charge >= 0.3 is 5.97 Å². The minimum atomic E-state index is -1.83. The van der Waals surface area contributed by atoms with Crippen molar-refractivity contribution in [3.05, 3.63) is 11.1 Å². The van der Waals surface area contributed by atoms with E-state index in [1.165, 1.54) is 5.57 Å². The fourth-order valence-electron chi connectivity index (χ4n) is 13.8. The number of aliphatic carboxylic acids is 1. The molecule has 374 valence electrons. The molecule has 21 atom stereocenters. The number of carboxylic acid groups (broad SMARTS) is 1. The van der Waals surface area contributed by atoms with Gasteiger partial charge in [0.15, 0.2) is 18.9 Å². The van der Waals surface area contributed by atoms with Gasteiger partial charge in [0.05, 0.1) is 36.9 Å². The third kappa shape index (κ3) is 8.59. The number of aliphatic hydroxyl groups is 9. The Morgan fingerprint density at radius 2 is 1.37 bits per heavy atom. The van der Waals surface area contributed by atoms with Crippen LogP contribution in [-0.2, 0) is 33.2 Å². The van der Waals surface area contributed by atoms with Crippen LogP contribution in [0, 0.1) is 44.8 Å². The number of allylic oxidation sites excluding steroid dienone is 1. The highest BCUT2D eigenvalue weighted by Gasteiger charge is 2.69. The van der Waals surface area contributed by atoms with Gasteiger partial charge in [-0.05, 0) is 111 Å². The summed E-state index contributed by atoms with van der Waals surface area (Å²) in [6, 6.07) is 0. The summed E-state index contributed by atoms with van der Waals surface area (Å²) in [4.78, 5) is 13.9. The lowest BCUT2D eigenvalue weighted by Gasteiger charge is -2.62. The smallest absolute Gasteiger partial charge is 0.314 e. The van der Waals surface area contributed by atoms with Crippen LogP contribution in [0.25, 0.3) is 0 Å². The van der Waals surface area contributed by atoms with Crippen LogP contribution in [0.15, 0.2) is 11.1 Å². The molecule has 10 N–H and O–H groups in total. The molecule has 0 aromatic heterocycles. The highest BCUT2D eigenvalue weighted by Crippen LogP contribution is 2.73. The van der Waals surface area contributed by atoms with Crippen molar-refractivity contribution in [1.82, 2.24) is 0 Å². The maximum absolute atomic E-state index is 13.9. The molecule has 4 aliphatic carbocycles. The zero-order valence-electron chi connectivity index (χ0n) is 39.8. The fourth-order valence-corrected chi connectivity index (χ4v) is 13.8. The van der Waals surface area contributed by atoms with E-state index >= 15 is 0 Å². The largest absolute Gasteiger partial charge is 0.481 e. The van der Waals surface area contributed by atoms with Crippen molar-refractivity contribution in [2.24, 2.45) is 44.8 Å². The van der Waals surface area contributed by atoms with Crippen LogP contribution < -0.4 is 0 Å². The second kappa shape index (κ2) is 18.4. The molecule has 0 unspecified atom stereocenters. The number of carbonyl (C=O) groups is 1. The van der Waals surface area contributed by atoms with Crippen LogP contribution in [0.5, 0.6) is 0 Å². The van der Waals surface area contributed by atoms with E-state index in [-0.39, 0.29) is 41.8 Å². The Labute approximate surface area is 383 Å². The lowest BCUT2D eigenvalue weighted by molar-refractivity contribution is -0.384. The molecule has 5 fully saturated rings. The van der Waals surface area contributed by atoms with Crippen LogP contribution >= 0.6 is 0 Å². The molecular weight excluding hydrogens is 849 g/mol. The van der Waals surface area contributed by atoms with E-state index < -0.39 is 120 Å². The molecule has 65 heavy (non-hydrogen) atoms. The molecule has 0 radical (unpaired) electrons. The van der Waals surface area contributed by atoms with E-state index in [1.807, 2.05) is 6.92 Å². The SMILES string of the molecule is C[C@H](CC[C@](C)(O)C(C)(C)C)[C@H]1CC[C@@]2(C(=O)O)C3=C(CC[C@]12C)[C@@]1(C)CC[C@H](O[C@@H]2OC[C@H](O)[C@H](O[C@@H]4OC[C@@H](O)[C@H](O)[C@H]4O)[C@H]2O[C@@H]2O[C@H](CO)[C@H](O)[C@H](O)[C@H]2O)C(C)(C)[C@H]1CC3. The average molecular weight is 929 g/mol. The molecule has 3 heterocycles. The predicted octanol–water partition coefficient (Wildman–Crippen LogP) is 2.13. The highest BCUT2D eigenvalue weighted by atomic mass is 16.8. The number of fused-ring (bicyclic) bond motifs is 4. The van der Waals surface area contributed by atoms with Gasteiger partial charge in [-0.3, -0.25) is 4.79 Å². The summed E-state index contributed by atoms with van der Waals surface area (Å²) in [5, 5.41) is 107. The van der Waals surface area contributed by atoms with E-state index in [0.717, 1.165) is 37.7 Å². The second-order valence-corrected chi connectivity index (χ2v) is 23.2. The first-order valence-corrected chi connectivity index (χ1v) is 24.1. The normalized spacial score (nSPS) is 48.2.